The molecule has 0 saturated carbocycles. The summed E-state index contributed by atoms with van der Waals surface area (Å²) in [5, 5.41) is 0.656. The van der Waals surface area contributed by atoms with Crippen molar-refractivity contribution in [1.82, 2.24) is 0 Å². The van der Waals surface area contributed by atoms with Crippen molar-refractivity contribution in [3.05, 3.63) is 39.3 Å². The molecular formula is C9H6BrClO. The highest BCUT2D eigenvalue weighted by molar-refractivity contribution is 9.10. The maximum absolute atomic E-state index is 10.0. The van der Waals surface area contributed by atoms with Gasteiger partial charge in [-0.25, -0.2) is 0 Å². The zero-order valence-electron chi connectivity index (χ0n) is 6.13. The van der Waals surface area contributed by atoms with Crippen molar-refractivity contribution in [2.45, 2.75) is 0 Å². The van der Waals surface area contributed by atoms with E-state index in [4.69, 9.17) is 11.6 Å². The zero-order chi connectivity index (χ0) is 8.97. The van der Waals surface area contributed by atoms with Crippen LogP contribution in [0.15, 0.2) is 28.7 Å². The number of hydrogen-bond acceptors (Lipinski definition) is 1. The quantitative estimate of drug-likeness (QED) is 0.577. The Bertz CT molecular complexity index is 320. The van der Waals surface area contributed by atoms with Gasteiger partial charge in [-0.2, -0.15) is 0 Å². The van der Waals surface area contributed by atoms with Crippen molar-refractivity contribution in [1.29, 1.82) is 0 Å². The van der Waals surface area contributed by atoms with Gasteiger partial charge in [0.15, 0.2) is 0 Å². The van der Waals surface area contributed by atoms with E-state index in [-0.39, 0.29) is 0 Å². The number of aldehydes is 1. The molecule has 3 heteroatoms. The van der Waals surface area contributed by atoms with Crippen LogP contribution in [0.5, 0.6) is 0 Å². The van der Waals surface area contributed by atoms with E-state index >= 15 is 0 Å². The van der Waals surface area contributed by atoms with Crippen molar-refractivity contribution in [3.8, 4) is 0 Å². The van der Waals surface area contributed by atoms with Gasteiger partial charge in [0, 0.05) is 9.50 Å². The van der Waals surface area contributed by atoms with Crippen molar-refractivity contribution in [2.24, 2.45) is 0 Å². The van der Waals surface area contributed by atoms with Crippen LogP contribution in [0.1, 0.15) is 5.56 Å². The van der Waals surface area contributed by atoms with E-state index in [1.807, 2.05) is 6.07 Å². The van der Waals surface area contributed by atoms with Gasteiger partial charge in [-0.3, -0.25) is 4.79 Å². The first-order valence-electron chi connectivity index (χ1n) is 3.31. The van der Waals surface area contributed by atoms with Crippen LogP contribution >= 0.6 is 27.5 Å². The van der Waals surface area contributed by atoms with E-state index in [0.29, 0.717) is 5.02 Å². The smallest absolute Gasteiger partial charge is 0.142 e. The minimum absolute atomic E-state index is 0.656. The largest absolute Gasteiger partial charge is 0.299 e. The Labute approximate surface area is 84.2 Å². The highest BCUT2D eigenvalue weighted by Gasteiger charge is 1.95. The summed E-state index contributed by atoms with van der Waals surface area (Å²) in [5.41, 5.74) is 0.898. The van der Waals surface area contributed by atoms with E-state index in [0.717, 1.165) is 16.3 Å². The second kappa shape index (κ2) is 4.43. The number of benzene rings is 1. The maximum Gasteiger partial charge on any atom is 0.142 e. The van der Waals surface area contributed by atoms with Crippen LogP contribution < -0.4 is 0 Å². The Kier molecular flexibility index (Phi) is 3.50. The molecule has 0 bridgehead atoms. The van der Waals surface area contributed by atoms with Gasteiger partial charge in [-0.1, -0.05) is 33.6 Å². The topological polar surface area (TPSA) is 17.1 Å². The number of carbonyl (C=O) groups excluding carboxylic acids is 1. The summed E-state index contributed by atoms with van der Waals surface area (Å²) in [6, 6.07) is 5.41. The van der Waals surface area contributed by atoms with Crippen LogP contribution in [0.2, 0.25) is 5.02 Å². The average Bonchev–Trinajstić information content (AvgIpc) is 2.07. The normalized spacial score (nSPS) is 10.5. The fourth-order valence-corrected chi connectivity index (χ4v) is 1.34. The van der Waals surface area contributed by atoms with Gasteiger partial charge in [-0.15, -0.1) is 0 Å². The first kappa shape index (κ1) is 9.49. The number of carbonyl (C=O) groups is 1. The Balaban J connectivity index is 3.04. The first-order chi connectivity index (χ1) is 5.74. The standard InChI is InChI=1S/C9H6BrClO/c10-9-4-3-8(11)6-7(9)2-1-5-12/h1-6H. The molecule has 1 aromatic rings. The Hall–Kier alpha value is -0.600. The van der Waals surface area contributed by atoms with Gasteiger partial charge in [0.1, 0.15) is 6.29 Å². The second-order valence-corrected chi connectivity index (χ2v) is 3.45. The summed E-state index contributed by atoms with van der Waals surface area (Å²) in [6.07, 6.45) is 3.85. The van der Waals surface area contributed by atoms with Crippen molar-refractivity contribution in [2.75, 3.05) is 0 Å². The van der Waals surface area contributed by atoms with Crippen LogP contribution in [0.3, 0.4) is 0 Å². The highest BCUT2D eigenvalue weighted by atomic mass is 79.9. The molecule has 12 heavy (non-hydrogen) atoms. The van der Waals surface area contributed by atoms with Crippen molar-refractivity contribution >= 4 is 39.9 Å². The summed E-state index contributed by atoms with van der Waals surface area (Å²) >= 11 is 9.09. The average molecular weight is 246 g/mol. The minimum Gasteiger partial charge on any atom is -0.299 e. The number of halogens is 2. The molecule has 1 nitrogen and oxygen atoms in total. The molecule has 0 radical (unpaired) electrons. The lowest BCUT2D eigenvalue weighted by Crippen LogP contribution is -1.75. The van der Waals surface area contributed by atoms with Crippen molar-refractivity contribution < 1.29 is 4.79 Å². The van der Waals surface area contributed by atoms with Gasteiger partial charge in [0.25, 0.3) is 0 Å². The molecule has 1 rings (SSSR count). The van der Waals surface area contributed by atoms with Gasteiger partial charge < -0.3 is 0 Å². The number of rotatable bonds is 2. The SMILES string of the molecule is O=CC=Cc1cc(Cl)ccc1Br. The molecule has 0 aromatic heterocycles. The molecule has 62 valence electrons. The van der Waals surface area contributed by atoms with Gasteiger partial charge in [0.2, 0.25) is 0 Å². The number of hydrogen-bond donors (Lipinski definition) is 0. The van der Waals surface area contributed by atoms with Gasteiger partial charge in [-0.05, 0) is 29.8 Å². The summed E-state index contributed by atoms with van der Waals surface area (Å²) in [7, 11) is 0. The maximum atomic E-state index is 10.0. The third kappa shape index (κ3) is 2.47. The third-order valence-corrected chi connectivity index (χ3v) is 2.27. The predicted molar refractivity (Wildman–Crippen MR) is 54.3 cm³/mol. The molecule has 0 amide bonds. The van der Waals surface area contributed by atoms with E-state index in [2.05, 4.69) is 15.9 Å². The lowest BCUT2D eigenvalue weighted by Gasteiger charge is -1.97. The molecule has 0 unspecified atom stereocenters. The van der Waals surface area contributed by atoms with E-state index in [1.54, 1.807) is 18.2 Å². The van der Waals surface area contributed by atoms with Crippen LogP contribution in [0, 0.1) is 0 Å². The Morgan fingerprint density at radius 2 is 2.17 bits per heavy atom. The highest BCUT2D eigenvalue weighted by Crippen LogP contribution is 2.21. The lowest BCUT2D eigenvalue weighted by atomic mass is 10.2. The van der Waals surface area contributed by atoms with Crippen LogP contribution in [-0.2, 0) is 4.79 Å². The summed E-state index contributed by atoms with van der Waals surface area (Å²) < 4.78 is 0.921. The Morgan fingerprint density at radius 3 is 2.83 bits per heavy atom. The van der Waals surface area contributed by atoms with Gasteiger partial charge >= 0.3 is 0 Å². The fraction of sp³-hybridized carbons (Fsp3) is 0. The fourth-order valence-electron chi connectivity index (χ4n) is 0.785. The molecule has 0 spiro atoms. The second-order valence-electron chi connectivity index (χ2n) is 2.16. The van der Waals surface area contributed by atoms with E-state index in [1.165, 1.54) is 6.08 Å². The summed E-state index contributed by atoms with van der Waals surface area (Å²) in [4.78, 5) is 10.0. The third-order valence-electron chi connectivity index (χ3n) is 1.31. The minimum atomic E-state index is 0.656. The molecular weight excluding hydrogens is 239 g/mol. The van der Waals surface area contributed by atoms with Crippen LogP contribution in [-0.4, -0.2) is 6.29 Å². The van der Waals surface area contributed by atoms with E-state index in [9.17, 15) is 4.79 Å². The molecule has 1 aromatic carbocycles. The van der Waals surface area contributed by atoms with Crippen LogP contribution in [0.25, 0.3) is 6.08 Å². The Morgan fingerprint density at radius 1 is 1.42 bits per heavy atom. The molecule has 0 atom stereocenters. The first-order valence-corrected chi connectivity index (χ1v) is 4.48. The summed E-state index contributed by atoms with van der Waals surface area (Å²) in [6.45, 7) is 0. The molecule has 0 N–H and O–H groups in total. The molecule has 0 heterocycles. The van der Waals surface area contributed by atoms with E-state index < -0.39 is 0 Å². The van der Waals surface area contributed by atoms with Crippen molar-refractivity contribution in [3.63, 3.8) is 0 Å². The lowest BCUT2D eigenvalue weighted by molar-refractivity contribution is -0.104. The molecule has 0 aliphatic carbocycles. The zero-order valence-corrected chi connectivity index (χ0v) is 8.47. The number of allylic oxidation sites excluding steroid dienone is 1. The molecule has 0 saturated heterocycles. The summed E-state index contributed by atoms with van der Waals surface area (Å²) in [5.74, 6) is 0. The molecule has 0 aliphatic rings. The van der Waals surface area contributed by atoms with Gasteiger partial charge in [0.05, 0.1) is 0 Å². The molecule has 0 aliphatic heterocycles. The van der Waals surface area contributed by atoms with Crippen LogP contribution in [0.4, 0.5) is 0 Å². The predicted octanol–water partition coefficient (Wildman–Crippen LogP) is 3.31. The molecule has 0 fully saturated rings. The monoisotopic (exact) mass is 244 g/mol.